The van der Waals surface area contributed by atoms with E-state index in [0.29, 0.717) is 12.5 Å². The van der Waals surface area contributed by atoms with E-state index in [9.17, 15) is 4.79 Å². The van der Waals surface area contributed by atoms with Gasteiger partial charge in [-0.1, -0.05) is 0 Å². The van der Waals surface area contributed by atoms with E-state index >= 15 is 0 Å². The predicted molar refractivity (Wildman–Crippen MR) is 55.6 cm³/mol. The summed E-state index contributed by atoms with van der Waals surface area (Å²) in [6, 6.07) is 2.25. The number of nitrogens with zero attached hydrogens (tertiary/aromatic N) is 2. The average Bonchev–Trinajstić information content (AvgIpc) is 2.76. The normalized spacial score (nSPS) is 18.1. The van der Waals surface area contributed by atoms with E-state index in [1.165, 1.54) is 0 Å². The summed E-state index contributed by atoms with van der Waals surface area (Å²) < 4.78 is 1.87. The molecule has 4 heteroatoms. The zero-order chi connectivity index (χ0) is 11.1. The second kappa shape index (κ2) is 3.36. The first-order valence-corrected chi connectivity index (χ1v) is 5.31. The molecule has 1 aromatic rings. The molecule has 0 radical (unpaired) electrons. The van der Waals surface area contributed by atoms with E-state index in [-0.39, 0.29) is 0 Å². The Balaban J connectivity index is 2.08. The van der Waals surface area contributed by atoms with Gasteiger partial charge < -0.3 is 5.11 Å². The third kappa shape index (κ3) is 1.89. The fourth-order valence-corrected chi connectivity index (χ4v) is 1.72. The summed E-state index contributed by atoms with van der Waals surface area (Å²) in [7, 11) is 0. The number of aliphatic carboxylic acids is 1. The summed E-state index contributed by atoms with van der Waals surface area (Å²) >= 11 is 0. The first kappa shape index (κ1) is 10.2. The van der Waals surface area contributed by atoms with Crippen molar-refractivity contribution in [3.63, 3.8) is 0 Å². The molecule has 0 amide bonds. The smallest absolute Gasteiger partial charge is 0.310 e. The van der Waals surface area contributed by atoms with Crippen molar-refractivity contribution in [1.82, 2.24) is 9.78 Å². The molecule has 0 aliphatic heterocycles. The highest BCUT2D eigenvalue weighted by Crippen LogP contribution is 2.48. The van der Waals surface area contributed by atoms with Crippen molar-refractivity contribution in [1.29, 1.82) is 0 Å². The number of rotatable bonds is 4. The van der Waals surface area contributed by atoms with Gasteiger partial charge in [-0.25, -0.2) is 0 Å². The number of carbonyl (C=O) groups is 1. The van der Waals surface area contributed by atoms with E-state index in [4.69, 9.17) is 5.11 Å². The molecule has 1 aliphatic rings. The second-order valence-corrected chi connectivity index (χ2v) is 4.64. The molecule has 1 saturated carbocycles. The van der Waals surface area contributed by atoms with Crippen molar-refractivity contribution < 1.29 is 9.90 Å². The van der Waals surface area contributed by atoms with Crippen LogP contribution in [0.25, 0.3) is 0 Å². The number of aromatic nitrogens is 2. The Morgan fingerprint density at radius 2 is 2.33 bits per heavy atom. The lowest BCUT2D eigenvalue weighted by molar-refractivity contribution is -0.143. The maximum atomic E-state index is 11.0. The van der Waals surface area contributed by atoms with Crippen molar-refractivity contribution in [3.8, 4) is 0 Å². The first-order valence-electron chi connectivity index (χ1n) is 5.31. The number of hydrogen-bond acceptors (Lipinski definition) is 2. The van der Waals surface area contributed by atoms with Gasteiger partial charge in [-0.3, -0.25) is 9.48 Å². The highest BCUT2D eigenvalue weighted by Gasteiger charge is 2.50. The molecule has 0 bridgehead atoms. The van der Waals surface area contributed by atoms with E-state index in [1.807, 2.05) is 16.9 Å². The predicted octanol–water partition coefficient (Wildman–Crippen LogP) is 1.87. The molecule has 15 heavy (non-hydrogen) atoms. The van der Waals surface area contributed by atoms with Crippen LogP contribution in [0.1, 0.15) is 38.4 Å². The van der Waals surface area contributed by atoms with E-state index < -0.39 is 11.4 Å². The molecule has 1 aromatic heterocycles. The highest BCUT2D eigenvalue weighted by molar-refractivity contribution is 5.78. The quantitative estimate of drug-likeness (QED) is 0.821. The zero-order valence-electron chi connectivity index (χ0n) is 9.10. The van der Waals surface area contributed by atoms with E-state index in [2.05, 4.69) is 18.9 Å². The first-order chi connectivity index (χ1) is 7.03. The van der Waals surface area contributed by atoms with Crippen LogP contribution in [0.5, 0.6) is 0 Å². The van der Waals surface area contributed by atoms with Gasteiger partial charge in [0.15, 0.2) is 0 Å². The van der Waals surface area contributed by atoms with Crippen molar-refractivity contribution >= 4 is 5.97 Å². The molecule has 0 spiro atoms. The van der Waals surface area contributed by atoms with Gasteiger partial charge in [0.05, 0.1) is 11.1 Å². The lowest BCUT2D eigenvalue weighted by Gasteiger charge is -2.07. The Kier molecular flexibility index (Phi) is 2.29. The molecule has 1 N–H and O–H groups in total. The number of hydrogen-bond donors (Lipinski definition) is 1. The van der Waals surface area contributed by atoms with Crippen LogP contribution >= 0.6 is 0 Å². The van der Waals surface area contributed by atoms with Gasteiger partial charge in [0.2, 0.25) is 0 Å². The molecule has 0 saturated heterocycles. The van der Waals surface area contributed by atoms with Gasteiger partial charge in [0.1, 0.15) is 0 Å². The van der Waals surface area contributed by atoms with Crippen LogP contribution < -0.4 is 0 Å². The molecule has 0 unspecified atom stereocenters. The van der Waals surface area contributed by atoms with Crippen LogP contribution in [0.3, 0.4) is 0 Å². The van der Waals surface area contributed by atoms with Gasteiger partial charge in [-0.05, 0) is 32.8 Å². The van der Waals surface area contributed by atoms with E-state index in [1.54, 1.807) is 0 Å². The monoisotopic (exact) mass is 208 g/mol. The van der Waals surface area contributed by atoms with Crippen molar-refractivity contribution in [2.24, 2.45) is 5.41 Å². The molecule has 1 heterocycles. The maximum absolute atomic E-state index is 11.0. The molecular formula is C11H16N2O2. The highest BCUT2D eigenvalue weighted by atomic mass is 16.4. The van der Waals surface area contributed by atoms with Gasteiger partial charge in [-0.15, -0.1) is 0 Å². The minimum absolute atomic E-state index is 0.332. The Labute approximate surface area is 88.9 Å². The lowest BCUT2D eigenvalue weighted by Crippen LogP contribution is -2.18. The Bertz CT molecular complexity index is 378. The number of carboxylic acid groups (broad SMARTS) is 1. The minimum atomic E-state index is -0.679. The van der Waals surface area contributed by atoms with Crippen LogP contribution in [-0.4, -0.2) is 20.9 Å². The van der Waals surface area contributed by atoms with Gasteiger partial charge >= 0.3 is 5.97 Å². The molecule has 0 aromatic carbocycles. The minimum Gasteiger partial charge on any atom is -0.481 e. The summed E-state index contributed by atoms with van der Waals surface area (Å²) in [5.41, 5.74) is 0.388. The molecule has 1 fully saturated rings. The summed E-state index contributed by atoms with van der Waals surface area (Å²) in [6.45, 7) is 4.11. The van der Waals surface area contributed by atoms with E-state index in [0.717, 1.165) is 18.5 Å². The van der Waals surface area contributed by atoms with Gasteiger partial charge in [0.25, 0.3) is 0 Å². The molecule has 4 nitrogen and oxygen atoms in total. The largest absolute Gasteiger partial charge is 0.481 e. The third-order valence-corrected chi connectivity index (χ3v) is 3.02. The summed E-state index contributed by atoms with van der Waals surface area (Å²) in [5, 5.41) is 13.4. The maximum Gasteiger partial charge on any atom is 0.310 e. The Morgan fingerprint density at radius 3 is 2.73 bits per heavy atom. The molecule has 1 aliphatic carbocycles. The van der Waals surface area contributed by atoms with Crippen LogP contribution in [-0.2, 0) is 11.2 Å². The van der Waals surface area contributed by atoms with Crippen molar-refractivity contribution in [2.75, 3.05) is 0 Å². The topological polar surface area (TPSA) is 55.1 Å². The summed E-state index contributed by atoms with van der Waals surface area (Å²) in [4.78, 5) is 11.0. The van der Waals surface area contributed by atoms with Gasteiger partial charge in [-0.2, -0.15) is 5.10 Å². The Morgan fingerprint density at radius 1 is 1.67 bits per heavy atom. The fourth-order valence-electron chi connectivity index (χ4n) is 1.72. The van der Waals surface area contributed by atoms with Crippen molar-refractivity contribution in [2.45, 2.75) is 39.2 Å². The zero-order valence-corrected chi connectivity index (χ0v) is 9.10. The standard InChI is InChI=1S/C11H16N2O2/c1-8(2)13-6-3-9(12-13)7-11(4-5-11)10(14)15/h3,6,8H,4-5,7H2,1-2H3,(H,14,15). The SMILES string of the molecule is CC(C)n1ccc(CC2(C(=O)O)CC2)n1. The lowest BCUT2D eigenvalue weighted by atomic mass is 10.0. The molecule has 2 rings (SSSR count). The van der Waals surface area contributed by atoms with Crippen LogP contribution in [0.2, 0.25) is 0 Å². The fraction of sp³-hybridized carbons (Fsp3) is 0.636. The second-order valence-electron chi connectivity index (χ2n) is 4.64. The molecule has 82 valence electrons. The van der Waals surface area contributed by atoms with Crippen LogP contribution in [0, 0.1) is 5.41 Å². The molecular weight excluding hydrogens is 192 g/mol. The van der Waals surface area contributed by atoms with Crippen LogP contribution in [0.4, 0.5) is 0 Å². The van der Waals surface area contributed by atoms with Crippen LogP contribution in [0.15, 0.2) is 12.3 Å². The third-order valence-electron chi connectivity index (χ3n) is 3.02. The average molecular weight is 208 g/mol. The number of carboxylic acids is 1. The summed E-state index contributed by atoms with van der Waals surface area (Å²) in [5.74, 6) is -0.679. The van der Waals surface area contributed by atoms with Crippen molar-refractivity contribution in [3.05, 3.63) is 18.0 Å². The summed E-state index contributed by atoms with van der Waals surface area (Å²) in [6.07, 6.45) is 4.06. The van der Waals surface area contributed by atoms with Gasteiger partial charge in [0, 0.05) is 18.7 Å². The molecule has 0 atom stereocenters. The Hall–Kier alpha value is -1.32.